The highest BCUT2D eigenvalue weighted by Gasteiger charge is 2.32. The molecule has 0 saturated heterocycles. The number of carbonyl (C=O) groups excluding carboxylic acids is 1. The van der Waals surface area contributed by atoms with E-state index in [4.69, 9.17) is 5.11 Å². The highest BCUT2D eigenvalue weighted by atomic mass is 19.4. The van der Waals surface area contributed by atoms with Gasteiger partial charge in [-0.15, -0.1) is 0 Å². The van der Waals surface area contributed by atoms with Gasteiger partial charge < -0.3 is 10.4 Å². The fraction of sp³-hybridized carbons (Fsp3) is 0.273. The van der Waals surface area contributed by atoms with Gasteiger partial charge in [0.05, 0.1) is 5.56 Å². The lowest BCUT2D eigenvalue weighted by atomic mass is 10.1. The first kappa shape index (κ1) is 14.9. The van der Waals surface area contributed by atoms with Gasteiger partial charge in [0.15, 0.2) is 0 Å². The molecule has 0 aliphatic rings. The molecule has 0 aliphatic carbocycles. The summed E-state index contributed by atoms with van der Waals surface area (Å²) in [4.78, 5) is 22.0. The number of hydrogen-bond donors (Lipinski definition) is 2. The molecule has 1 atom stereocenters. The Balaban J connectivity index is 3.04. The zero-order chi connectivity index (χ0) is 14.8. The fourth-order valence-corrected chi connectivity index (χ4v) is 1.23. The monoisotopic (exact) mass is 279 g/mol. The first-order valence-corrected chi connectivity index (χ1v) is 5.02. The van der Waals surface area contributed by atoms with Crippen molar-refractivity contribution in [3.8, 4) is 0 Å². The van der Waals surface area contributed by atoms with Crippen LogP contribution in [-0.4, -0.2) is 23.0 Å². The maximum atomic E-state index is 13.0. The highest BCUT2D eigenvalue weighted by Crippen LogP contribution is 2.30. The lowest BCUT2D eigenvalue weighted by molar-refractivity contribution is -0.139. The Bertz CT molecular complexity index is 513. The second-order valence-electron chi connectivity index (χ2n) is 3.76. The van der Waals surface area contributed by atoms with Gasteiger partial charge in [-0.2, -0.15) is 13.2 Å². The predicted octanol–water partition coefficient (Wildman–Crippen LogP) is 2.05. The molecular formula is C11H9F4NO3. The van der Waals surface area contributed by atoms with Crippen molar-refractivity contribution >= 4 is 11.9 Å². The number of hydrogen-bond acceptors (Lipinski definition) is 2. The summed E-state index contributed by atoms with van der Waals surface area (Å²) in [7, 11) is 0. The van der Waals surface area contributed by atoms with Crippen LogP contribution in [0.4, 0.5) is 17.6 Å². The second-order valence-corrected chi connectivity index (χ2v) is 3.76. The van der Waals surface area contributed by atoms with Gasteiger partial charge in [-0.3, -0.25) is 9.59 Å². The molecule has 0 spiro atoms. The van der Waals surface area contributed by atoms with Gasteiger partial charge >= 0.3 is 12.1 Å². The molecule has 0 radical (unpaired) electrons. The van der Waals surface area contributed by atoms with Gasteiger partial charge in [-0.05, 0) is 25.1 Å². The third-order valence-corrected chi connectivity index (χ3v) is 2.21. The SMILES string of the molecule is C[C@H](NC(=O)c1cc(F)cc(C(F)(F)F)c1)C(=O)O. The number of carboxylic acid groups (broad SMARTS) is 1. The van der Waals surface area contributed by atoms with Crippen molar-refractivity contribution in [3.05, 3.63) is 35.1 Å². The van der Waals surface area contributed by atoms with Crippen LogP contribution < -0.4 is 5.32 Å². The number of benzene rings is 1. The van der Waals surface area contributed by atoms with Crippen LogP contribution in [0.15, 0.2) is 18.2 Å². The minimum atomic E-state index is -4.80. The highest BCUT2D eigenvalue weighted by molar-refractivity contribution is 5.96. The van der Waals surface area contributed by atoms with Crippen molar-refractivity contribution in [1.29, 1.82) is 0 Å². The molecule has 0 unspecified atom stereocenters. The van der Waals surface area contributed by atoms with E-state index in [0.29, 0.717) is 12.1 Å². The summed E-state index contributed by atoms with van der Waals surface area (Å²) in [6, 6.07) is -0.00566. The summed E-state index contributed by atoms with van der Waals surface area (Å²) in [5.41, 5.74) is -1.92. The molecule has 1 amide bonds. The summed E-state index contributed by atoms with van der Waals surface area (Å²) < 4.78 is 50.2. The standard InChI is InChI=1S/C11H9F4NO3/c1-5(10(18)19)16-9(17)6-2-7(11(13,14)15)4-8(12)3-6/h2-5H,1H3,(H,16,17)(H,18,19)/t5-/m0/s1. The molecule has 8 heteroatoms. The van der Waals surface area contributed by atoms with Crippen molar-refractivity contribution in [2.24, 2.45) is 0 Å². The molecule has 0 bridgehead atoms. The minimum absolute atomic E-state index is 0.247. The summed E-state index contributed by atoms with van der Waals surface area (Å²) in [5.74, 6) is -3.69. The fourth-order valence-electron chi connectivity index (χ4n) is 1.23. The van der Waals surface area contributed by atoms with Gasteiger partial charge in [0.25, 0.3) is 5.91 Å². The molecule has 19 heavy (non-hydrogen) atoms. The summed E-state index contributed by atoms with van der Waals surface area (Å²) in [6.07, 6.45) is -4.80. The second kappa shape index (κ2) is 5.25. The topological polar surface area (TPSA) is 66.4 Å². The molecule has 1 rings (SSSR count). The van der Waals surface area contributed by atoms with Gasteiger partial charge in [0.2, 0.25) is 0 Å². The summed E-state index contributed by atoms with van der Waals surface area (Å²) in [6.45, 7) is 1.13. The van der Waals surface area contributed by atoms with Crippen LogP contribution in [-0.2, 0) is 11.0 Å². The third kappa shape index (κ3) is 3.94. The zero-order valence-electron chi connectivity index (χ0n) is 9.58. The number of carbonyl (C=O) groups is 2. The van der Waals surface area contributed by atoms with E-state index >= 15 is 0 Å². The summed E-state index contributed by atoms with van der Waals surface area (Å²) in [5, 5.41) is 10.5. The molecule has 1 aromatic rings. The van der Waals surface area contributed by atoms with E-state index in [1.165, 1.54) is 0 Å². The molecule has 1 aromatic carbocycles. The number of halogens is 4. The number of amides is 1. The first-order chi connectivity index (χ1) is 8.61. The van der Waals surface area contributed by atoms with Crippen LogP contribution in [0, 0.1) is 5.82 Å². The predicted molar refractivity (Wildman–Crippen MR) is 56.0 cm³/mol. The van der Waals surface area contributed by atoms with Crippen molar-refractivity contribution in [2.75, 3.05) is 0 Å². The van der Waals surface area contributed by atoms with Crippen molar-refractivity contribution in [1.82, 2.24) is 5.32 Å². The van der Waals surface area contributed by atoms with Crippen LogP contribution in [0.1, 0.15) is 22.8 Å². The lowest BCUT2D eigenvalue weighted by Gasteiger charge is -2.11. The average Bonchev–Trinajstić information content (AvgIpc) is 2.26. The van der Waals surface area contributed by atoms with Crippen molar-refractivity contribution in [2.45, 2.75) is 19.1 Å². The Labute approximate surface area is 105 Å². The quantitative estimate of drug-likeness (QED) is 0.832. The normalized spacial score (nSPS) is 12.9. The van der Waals surface area contributed by atoms with Crippen molar-refractivity contribution < 1.29 is 32.3 Å². The summed E-state index contributed by atoms with van der Waals surface area (Å²) >= 11 is 0. The Morgan fingerprint density at radius 2 is 1.84 bits per heavy atom. The maximum absolute atomic E-state index is 13.0. The van der Waals surface area contributed by atoms with Gasteiger partial charge in [0, 0.05) is 5.56 Å². The third-order valence-electron chi connectivity index (χ3n) is 2.21. The first-order valence-electron chi connectivity index (χ1n) is 5.02. The molecule has 0 aromatic heterocycles. The van der Waals surface area contributed by atoms with E-state index in [1.807, 2.05) is 5.32 Å². The van der Waals surface area contributed by atoms with Gasteiger partial charge in [0.1, 0.15) is 11.9 Å². The Morgan fingerprint density at radius 1 is 1.26 bits per heavy atom. The largest absolute Gasteiger partial charge is 0.480 e. The maximum Gasteiger partial charge on any atom is 0.416 e. The minimum Gasteiger partial charge on any atom is -0.480 e. The lowest BCUT2D eigenvalue weighted by Crippen LogP contribution is -2.38. The number of alkyl halides is 3. The number of nitrogens with one attached hydrogen (secondary N) is 1. The Kier molecular flexibility index (Phi) is 4.13. The zero-order valence-corrected chi connectivity index (χ0v) is 9.58. The molecule has 4 nitrogen and oxygen atoms in total. The number of aliphatic carboxylic acids is 1. The molecule has 0 heterocycles. The van der Waals surface area contributed by atoms with Gasteiger partial charge in [-0.25, -0.2) is 4.39 Å². The van der Waals surface area contributed by atoms with E-state index in [2.05, 4.69) is 0 Å². The smallest absolute Gasteiger partial charge is 0.416 e. The molecule has 0 saturated carbocycles. The van der Waals surface area contributed by atoms with Crippen LogP contribution in [0.25, 0.3) is 0 Å². The van der Waals surface area contributed by atoms with E-state index in [9.17, 15) is 27.2 Å². The van der Waals surface area contributed by atoms with Crippen molar-refractivity contribution in [3.63, 3.8) is 0 Å². The van der Waals surface area contributed by atoms with Crippen LogP contribution in [0.2, 0.25) is 0 Å². The van der Waals surface area contributed by atoms with Crippen LogP contribution in [0.5, 0.6) is 0 Å². The molecular weight excluding hydrogens is 270 g/mol. The van der Waals surface area contributed by atoms with E-state index < -0.39 is 41.0 Å². The van der Waals surface area contributed by atoms with Gasteiger partial charge in [-0.1, -0.05) is 0 Å². The van der Waals surface area contributed by atoms with Crippen LogP contribution >= 0.6 is 0 Å². The molecule has 2 N–H and O–H groups in total. The van der Waals surface area contributed by atoms with E-state index in [0.717, 1.165) is 6.92 Å². The average molecular weight is 279 g/mol. The van der Waals surface area contributed by atoms with E-state index in [1.54, 1.807) is 0 Å². The Hall–Kier alpha value is -2.12. The molecule has 0 fully saturated rings. The number of rotatable bonds is 3. The van der Waals surface area contributed by atoms with E-state index in [-0.39, 0.29) is 6.07 Å². The molecule has 104 valence electrons. The molecule has 0 aliphatic heterocycles. The number of carboxylic acids is 1. The Morgan fingerprint density at radius 3 is 2.32 bits per heavy atom. The van der Waals surface area contributed by atoms with Crippen LogP contribution in [0.3, 0.4) is 0 Å².